The Hall–Kier alpha value is -0.950. The van der Waals surface area contributed by atoms with Crippen LogP contribution in [0.25, 0.3) is 10.8 Å². The fraction of sp³-hybridized carbons (Fsp3) is 0.615. The van der Waals surface area contributed by atoms with Crippen LogP contribution in [0.5, 0.6) is 0 Å². The minimum absolute atomic E-state index is 1.26. The van der Waals surface area contributed by atoms with Crippen molar-refractivity contribution in [3.63, 3.8) is 0 Å². The first-order valence-electron chi connectivity index (χ1n) is 11.5. The van der Waals surface area contributed by atoms with Crippen LogP contribution in [0, 0.1) is 0 Å². The zero-order valence-electron chi connectivity index (χ0n) is 17.6. The van der Waals surface area contributed by atoms with E-state index >= 15 is 0 Å². The predicted octanol–water partition coefficient (Wildman–Crippen LogP) is 9.41. The number of unbranched alkanes of at least 4 members (excludes halogenated alkanes) is 13. The Morgan fingerprint density at radius 3 is 1.70 bits per heavy atom. The molecule has 1 heteroatoms. The molecule has 0 spiro atoms. The lowest BCUT2D eigenvalue weighted by molar-refractivity contribution is 0.538. The third-order valence-corrected chi connectivity index (χ3v) is 6.66. The third kappa shape index (κ3) is 9.70. The van der Waals surface area contributed by atoms with Crippen molar-refractivity contribution in [1.82, 2.24) is 0 Å². The minimum atomic E-state index is 1.26. The van der Waals surface area contributed by atoms with Crippen molar-refractivity contribution in [3.05, 3.63) is 42.5 Å². The molecule has 0 atom stereocenters. The monoisotopic (exact) mass is 384 g/mol. The van der Waals surface area contributed by atoms with Gasteiger partial charge in [-0.3, -0.25) is 0 Å². The predicted molar refractivity (Wildman–Crippen MR) is 125 cm³/mol. The standard InChI is InChI=1S/C26H40S/c1-2-3-4-5-6-7-8-9-10-11-12-13-14-17-23-27-26-22-18-20-24-19-15-16-21-25(24)26/h15-16,18-22H,2-14,17,23H2,1H3. The molecule has 0 unspecified atom stereocenters. The minimum Gasteiger partial charge on any atom is -0.126 e. The Morgan fingerprint density at radius 1 is 0.556 bits per heavy atom. The molecule has 0 radical (unpaired) electrons. The first-order chi connectivity index (χ1) is 13.4. The number of fused-ring (bicyclic) bond motifs is 1. The van der Waals surface area contributed by atoms with E-state index in [9.17, 15) is 0 Å². The molecule has 0 heterocycles. The second-order valence-electron chi connectivity index (χ2n) is 7.92. The van der Waals surface area contributed by atoms with Crippen molar-refractivity contribution in [2.45, 2.75) is 102 Å². The largest absolute Gasteiger partial charge is 0.126 e. The molecule has 2 aromatic carbocycles. The van der Waals surface area contributed by atoms with Gasteiger partial charge in [0.25, 0.3) is 0 Å². The van der Waals surface area contributed by atoms with E-state index < -0.39 is 0 Å². The highest BCUT2D eigenvalue weighted by Gasteiger charge is 2.00. The van der Waals surface area contributed by atoms with Gasteiger partial charge in [0.1, 0.15) is 0 Å². The average molecular weight is 385 g/mol. The molecule has 0 saturated carbocycles. The van der Waals surface area contributed by atoms with E-state index in [1.54, 1.807) is 0 Å². The first-order valence-corrected chi connectivity index (χ1v) is 12.5. The second-order valence-corrected chi connectivity index (χ2v) is 9.06. The third-order valence-electron chi connectivity index (χ3n) is 5.51. The fourth-order valence-corrected chi connectivity index (χ4v) is 4.88. The highest BCUT2D eigenvalue weighted by molar-refractivity contribution is 7.99. The van der Waals surface area contributed by atoms with Crippen molar-refractivity contribution in [2.75, 3.05) is 5.75 Å². The molecule has 150 valence electrons. The lowest BCUT2D eigenvalue weighted by Gasteiger charge is -2.06. The zero-order valence-corrected chi connectivity index (χ0v) is 18.4. The highest BCUT2D eigenvalue weighted by atomic mass is 32.2. The molecule has 0 aliphatic rings. The van der Waals surface area contributed by atoms with Gasteiger partial charge in [-0.05, 0) is 29.0 Å². The van der Waals surface area contributed by atoms with Crippen LogP contribution in [0.2, 0.25) is 0 Å². The lowest BCUT2D eigenvalue weighted by atomic mass is 10.0. The van der Waals surface area contributed by atoms with Gasteiger partial charge in [-0.1, -0.05) is 127 Å². The summed E-state index contributed by atoms with van der Waals surface area (Å²) in [5, 5.41) is 2.78. The molecule has 27 heavy (non-hydrogen) atoms. The van der Waals surface area contributed by atoms with Crippen molar-refractivity contribution in [2.24, 2.45) is 0 Å². The van der Waals surface area contributed by atoms with Gasteiger partial charge in [-0.15, -0.1) is 11.8 Å². The first kappa shape index (κ1) is 22.3. The summed E-state index contributed by atoms with van der Waals surface area (Å²) in [4.78, 5) is 1.45. The summed E-state index contributed by atoms with van der Waals surface area (Å²) in [6.07, 6.45) is 20.1. The Labute approximate surface area is 172 Å². The van der Waals surface area contributed by atoms with Crippen LogP contribution >= 0.6 is 11.8 Å². The summed E-state index contributed by atoms with van der Waals surface area (Å²) in [5.74, 6) is 1.26. The van der Waals surface area contributed by atoms with E-state index in [1.807, 2.05) is 11.8 Å². The Bertz CT molecular complexity index is 599. The van der Waals surface area contributed by atoms with Gasteiger partial charge in [0.15, 0.2) is 0 Å². The van der Waals surface area contributed by atoms with E-state index in [0.29, 0.717) is 0 Å². The molecular weight excluding hydrogens is 344 g/mol. The molecule has 0 fully saturated rings. The molecule has 0 amide bonds. The van der Waals surface area contributed by atoms with Crippen LogP contribution in [0.1, 0.15) is 96.8 Å². The quantitative estimate of drug-likeness (QED) is 0.205. The number of rotatable bonds is 16. The summed E-state index contributed by atoms with van der Waals surface area (Å²) in [5.41, 5.74) is 0. The topological polar surface area (TPSA) is 0 Å². The van der Waals surface area contributed by atoms with Gasteiger partial charge in [-0.2, -0.15) is 0 Å². The highest BCUT2D eigenvalue weighted by Crippen LogP contribution is 2.28. The van der Waals surface area contributed by atoms with Gasteiger partial charge in [-0.25, -0.2) is 0 Å². The van der Waals surface area contributed by atoms with Gasteiger partial charge in [0, 0.05) is 4.90 Å². The summed E-state index contributed by atoms with van der Waals surface area (Å²) in [7, 11) is 0. The smallest absolute Gasteiger partial charge is 0.0150 e. The molecule has 2 rings (SSSR count). The van der Waals surface area contributed by atoms with E-state index in [1.165, 1.54) is 111 Å². The number of hydrogen-bond donors (Lipinski definition) is 0. The molecule has 2 aromatic rings. The maximum atomic E-state index is 2.30. The lowest BCUT2D eigenvalue weighted by Crippen LogP contribution is -1.85. The molecule has 0 N–H and O–H groups in total. The SMILES string of the molecule is CCCCCCCCCCCCCCCCSc1cccc2ccccc12. The maximum Gasteiger partial charge on any atom is 0.0150 e. The van der Waals surface area contributed by atoms with E-state index in [2.05, 4.69) is 49.4 Å². The summed E-state index contributed by atoms with van der Waals surface area (Å²) in [6.45, 7) is 2.30. The Kier molecular flexibility index (Phi) is 12.4. The van der Waals surface area contributed by atoms with Crippen LogP contribution in [0.3, 0.4) is 0 Å². The van der Waals surface area contributed by atoms with E-state index in [0.717, 1.165) is 0 Å². The summed E-state index contributed by atoms with van der Waals surface area (Å²) < 4.78 is 0. The molecule has 0 aliphatic carbocycles. The molecular formula is C26H40S. The fourth-order valence-electron chi connectivity index (χ4n) is 3.80. The van der Waals surface area contributed by atoms with Crippen molar-refractivity contribution in [1.29, 1.82) is 0 Å². The number of benzene rings is 2. The maximum absolute atomic E-state index is 2.30. The Morgan fingerprint density at radius 2 is 1.07 bits per heavy atom. The molecule has 0 aromatic heterocycles. The van der Waals surface area contributed by atoms with Crippen molar-refractivity contribution < 1.29 is 0 Å². The van der Waals surface area contributed by atoms with Gasteiger partial charge < -0.3 is 0 Å². The molecule has 0 nitrogen and oxygen atoms in total. The summed E-state index contributed by atoms with van der Waals surface area (Å²) >= 11 is 2.03. The number of hydrogen-bond acceptors (Lipinski definition) is 1. The number of thioether (sulfide) groups is 1. The van der Waals surface area contributed by atoms with Crippen LogP contribution in [-0.4, -0.2) is 5.75 Å². The van der Waals surface area contributed by atoms with Crippen LogP contribution in [0.15, 0.2) is 47.4 Å². The van der Waals surface area contributed by atoms with Gasteiger partial charge >= 0.3 is 0 Å². The van der Waals surface area contributed by atoms with Crippen molar-refractivity contribution in [3.8, 4) is 0 Å². The molecule has 0 aliphatic heterocycles. The zero-order chi connectivity index (χ0) is 19.0. The van der Waals surface area contributed by atoms with Gasteiger partial charge in [0.2, 0.25) is 0 Å². The second kappa shape index (κ2) is 15.0. The van der Waals surface area contributed by atoms with Crippen LogP contribution in [-0.2, 0) is 0 Å². The van der Waals surface area contributed by atoms with Crippen LogP contribution < -0.4 is 0 Å². The average Bonchev–Trinajstić information content (AvgIpc) is 2.71. The van der Waals surface area contributed by atoms with E-state index in [4.69, 9.17) is 0 Å². The molecule has 0 bridgehead atoms. The summed E-state index contributed by atoms with van der Waals surface area (Å²) in [6, 6.07) is 15.4. The van der Waals surface area contributed by atoms with Gasteiger partial charge in [0.05, 0.1) is 0 Å². The van der Waals surface area contributed by atoms with Crippen LogP contribution in [0.4, 0.5) is 0 Å². The van der Waals surface area contributed by atoms with E-state index in [-0.39, 0.29) is 0 Å². The Balaban J connectivity index is 1.40. The normalized spacial score (nSPS) is 11.3. The molecule has 0 saturated heterocycles. The van der Waals surface area contributed by atoms with Crippen molar-refractivity contribution >= 4 is 22.5 Å².